The largest absolute Gasteiger partial charge is 0.420 e. The Morgan fingerprint density at radius 3 is 2.48 bits per heavy atom. The molecule has 33 heavy (non-hydrogen) atoms. The zero-order chi connectivity index (χ0) is 23.9. The fourth-order valence-corrected chi connectivity index (χ4v) is 5.42. The first-order valence-electron chi connectivity index (χ1n) is 12.0. The van der Waals surface area contributed by atoms with E-state index in [4.69, 9.17) is 6.11 Å². The van der Waals surface area contributed by atoms with E-state index >= 15 is 0 Å². The van der Waals surface area contributed by atoms with Crippen LogP contribution in [0.25, 0.3) is 11.3 Å². The van der Waals surface area contributed by atoms with Crippen LogP contribution in [0.3, 0.4) is 0 Å². The number of fused-ring (bicyclic) bond motifs is 1. The number of ether oxygens (including phenoxy) is 1. The van der Waals surface area contributed by atoms with Crippen molar-refractivity contribution in [2.75, 3.05) is 38.2 Å². The van der Waals surface area contributed by atoms with Crippen molar-refractivity contribution in [3.63, 3.8) is 0 Å². The molecule has 9 heteroatoms. The van der Waals surface area contributed by atoms with Gasteiger partial charge in [0.2, 0.25) is 0 Å². The van der Waals surface area contributed by atoms with Crippen LogP contribution in [0.5, 0.6) is 0 Å². The summed E-state index contributed by atoms with van der Waals surface area (Å²) in [5.41, 5.74) is -0.847. The predicted octanol–water partition coefficient (Wildman–Crippen LogP) is 4.85. The Hall–Kier alpha value is -2.26. The van der Waals surface area contributed by atoms with E-state index in [1.165, 1.54) is 18.2 Å². The number of alkyl halides is 3. The Morgan fingerprint density at radius 2 is 1.82 bits per heavy atom. The molecule has 0 spiro atoms. The lowest BCUT2D eigenvalue weighted by Crippen LogP contribution is -2.32. The van der Waals surface area contributed by atoms with Crippen LogP contribution in [-0.4, -0.2) is 54.0 Å². The second-order valence-corrected chi connectivity index (χ2v) is 9.43. The molecule has 0 amide bonds. The maximum atomic E-state index is 13.9. The van der Waals surface area contributed by atoms with E-state index in [0.29, 0.717) is 18.8 Å². The van der Waals surface area contributed by atoms with Crippen molar-refractivity contribution >= 4 is 5.82 Å². The van der Waals surface area contributed by atoms with Crippen molar-refractivity contribution in [2.45, 2.75) is 37.9 Å². The van der Waals surface area contributed by atoms with Crippen LogP contribution in [0, 0.1) is 23.6 Å². The third-order valence-corrected chi connectivity index (χ3v) is 7.04. The fourth-order valence-electron chi connectivity index (χ4n) is 5.42. The Morgan fingerprint density at radius 1 is 1.09 bits per heavy atom. The Bertz CT molecular complexity index is 1020. The highest BCUT2D eigenvalue weighted by Crippen LogP contribution is 2.41. The van der Waals surface area contributed by atoms with Crippen LogP contribution in [-0.2, 0) is 10.9 Å². The average molecular weight is 466 g/mol. The van der Waals surface area contributed by atoms with Crippen molar-refractivity contribution in [1.29, 1.82) is 0 Å². The van der Waals surface area contributed by atoms with Crippen molar-refractivity contribution in [1.82, 2.24) is 15.1 Å². The molecule has 5 nitrogen and oxygen atoms in total. The summed E-state index contributed by atoms with van der Waals surface area (Å²) >= 11 is 0. The second kappa shape index (κ2) is 9.18. The minimum absolute atomic E-state index is 0.0662. The van der Waals surface area contributed by atoms with E-state index in [1.807, 2.05) is 0 Å². The molecule has 0 radical (unpaired) electrons. The van der Waals surface area contributed by atoms with Crippen LogP contribution in [0.2, 0.25) is 0 Å². The van der Waals surface area contributed by atoms with Crippen LogP contribution < -0.4 is 5.32 Å². The van der Waals surface area contributed by atoms with Gasteiger partial charge in [0.05, 0.1) is 7.06 Å². The maximum absolute atomic E-state index is 13.9. The number of aromatic nitrogens is 2. The van der Waals surface area contributed by atoms with Crippen LogP contribution in [0.4, 0.5) is 23.4 Å². The van der Waals surface area contributed by atoms with E-state index < -0.39 is 29.4 Å². The molecule has 3 aliphatic rings. The first kappa shape index (κ1) is 21.3. The van der Waals surface area contributed by atoms with Gasteiger partial charge in [-0.1, -0.05) is 12.1 Å². The lowest BCUT2D eigenvalue weighted by Gasteiger charge is -2.28. The maximum Gasteiger partial charge on any atom is 0.420 e. The van der Waals surface area contributed by atoms with Gasteiger partial charge in [-0.2, -0.15) is 13.2 Å². The zero-order valence-corrected chi connectivity index (χ0v) is 18.2. The lowest BCUT2D eigenvalue weighted by molar-refractivity contribution is -0.137. The molecule has 5 rings (SSSR count). The summed E-state index contributed by atoms with van der Waals surface area (Å²) in [6, 6.07) is 4.87. The number of hydrogen-bond acceptors (Lipinski definition) is 5. The van der Waals surface area contributed by atoms with Gasteiger partial charge in [-0.25, -0.2) is 4.39 Å². The molecule has 3 fully saturated rings. The van der Waals surface area contributed by atoms with E-state index in [9.17, 15) is 17.6 Å². The minimum atomic E-state index is -4.69. The van der Waals surface area contributed by atoms with Gasteiger partial charge in [-0.05, 0) is 61.6 Å². The highest BCUT2D eigenvalue weighted by Gasteiger charge is 2.42. The SMILES string of the molecule is [2H]C1(Nc2nnc(-c3cccc(F)c3)cc2C(F)(F)F)CC2CN(CC3CCOCC3)CC2C1. The van der Waals surface area contributed by atoms with E-state index in [0.717, 1.165) is 57.8 Å². The van der Waals surface area contributed by atoms with E-state index in [2.05, 4.69) is 20.4 Å². The number of halogens is 4. The topological polar surface area (TPSA) is 50.3 Å². The molecule has 1 saturated carbocycles. The summed E-state index contributed by atoms with van der Waals surface area (Å²) in [7, 11) is 0. The monoisotopic (exact) mass is 465 g/mol. The molecule has 2 aliphatic heterocycles. The van der Waals surface area contributed by atoms with Crippen LogP contribution >= 0.6 is 0 Å². The number of hydrogen-bond donors (Lipinski definition) is 1. The molecule has 178 valence electrons. The molecule has 2 saturated heterocycles. The third-order valence-electron chi connectivity index (χ3n) is 7.04. The number of nitrogens with zero attached hydrogens (tertiary/aromatic N) is 3. The number of likely N-dealkylation sites (tertiary alicyclic amines) is 1. The predicted molar refractivity (Wildman–Crippen MR) is 116 cm³/mol. The highest BCUT2D eigenvalue weighted by molar-refractivity contribution is 5.62. The van der Waals surface area contributed by atoms with Gasteiger partial charge in [0.15, 0.2) is 5.82 Å². The summed E-state index contributed by atoms with van der Waals surface area (Å²) in [6.45, 7) is 4.40. The van der Waals surface area contributed by atoms with Crippen molar-refractivity contribution in [3.05, 3.63) is 41.7 Å². The number of rotatable bonds is 5. The van der Waals surface area contributed by atoms with Gasteiger partial charge in [-0.15, -0.1) is 10.2 Å². The molecular formula is C24H28F4N4O. The summed E-state index contributed by atoms with van der Waals surface area (Å²) < 4.78 is 69.4. The fraction of sp³-hybridized carbons (Fsp3) is 0.583. The lowest BCUT2D eigenvalue weighted by atomic mass is 10.00. The van der Waals surface area contributed by atoms with Gasteiger partial charge < -0.3 is 15.0 Å². The van der Waals surface area contributed by atoms with Gasteiger partial charge in [0.25, 0.3) is 0 Å². The van der Waals surface area contributed by atoms with Gasteiger partial charge in [0.1, 0.15) is 11.4 Å². The second-order valence-electron chi connectivity index (χ2n) is 9.43. The summed E-state index contributed by atoms with van der Waals surface area (Å²) in [6.07, 6.45) is -1.62. The van der Waals surface area contributed by atoms with E-state index in [1.54, 1.807) is 0 Å². The first-order valence-corrected chi connectivity index (χ1v) is 11.5. The smallest absolute Gasteiger partial charge is 0.381 e. The Kier molecular flexibility index (Phi) is 5.92. The molecule has 1 N–H and O–H groups in total. The number of anilines is 1. The third kappa shape index (κ3) is 5.14. The summed E-state index contributed by atoms with van der Waals surface area (Å²) in [5, 5.41) is 10.5. The molecule has 1 aliphatic carbocycles. The Balaban J connectivity index is 1.29. The molecule has 2 unspecified atom stereocenters. The Labute approximate surface area is 191 Å². The molecule has 1 aromatic heterocycles. The average Bonchev–Trinajstić information content (AvgIpc) is 3.27. The van der Waals surface area contributed by atoms with E-state index in [-0.39, 0.29) is 23.1 Å². The van der Waals surface area contributed by atoms with Gasteiger partial charge >= 0.3 is 6.18 Å². The number of nitrogens with one attached hydrogen (secondary N) is 1. The summed E-state index contributed by atoms with van der Waals surface area (Å²) in [5.74, 6) is 0.176. The molecule has 2 atom stereocenters. The summed E-state index contributed by atoms with van der Waals surface area (Å²) in [4.78, 5) is 2.44. The van der Waals surface area contributed by atoms with Gasteiger partial charge in [0, 0.05) is 44.4 Å². The minimum Gasteiger partial charge on any atom is -0.381 e. The molecule has 0 bridgehead atoms. The van der Waals surface area contributed by atoms with Crippen molar-refractivity contribution < 1.29 is 23.7 Å². The molecule has 3 heterocycles. The molecular weight excluding hydrogens is 436 g/mol. The van der Waals surface area contributed by atoms with Crippen LogP contribution in [0.1, 0.15) is 32.6 Å². The zero-order valence-electron chi connectivity index (χ0n) is 19.2. The van der Waals surface area contributed by atoms with Gasteiger partial charge in [-0.3, -0.25) is 0 Å². The molecule has 2 aromatic rings. The van der Waals surface area contributed by atoms with Crippen molar-refractivity contribution in [2.24, 2.45) is 17.8 Å². The normalized spacial score (nSPS) is 29.2. The molecule has 1 aromatic carbocycles. The highest BCUT2D eigenvalue weighted by atomic mass is 19.4. The standard InChI is InChI=1S/C24H28F4N4O/c25-19-3-1-2-16(8-19)22-11-21(24(26,27)28)23(31-30-22)29-20-9-17-13-32(14-18(17)10-20)12-15-4-6-33-7-5-15/h1-3,8,11,15,17-18,20H,4-7,9-10,12-14H2,(H,29,31)/i20D. The quantitative estimate of drug-likeness (QED) is 0.640. The van der Waals surface area contributed by atoms with Crippen LogP contribution in [0.15, 0.2) is 30.3 Å². The first-order chi connectivity index (χ1) is 16.2. The number of benzene rings is 1. The van der Waals surface area contributed by atoms with Crippen molar-refractivity contribution in [3.8, 4) is 11.3 Å².